The molecular formula is C40H71O10P. The number of carbonyl (C=O) groups excluding carboxylic acids is 2. The van der Waals surface area contributed by atoms with Gasteiger partial charge in [-0.1, -0.05) is 140 Å². The minimum atomic E-state index is -4.60. The van der Waals surface area contributed by atoms with Crippen molar-refractivity contribution in [3.8, 4) is 0 Å². The molecule has 3 atom stereocenters. The van der Waals surface area contributed by atoms with Gasteiger partial charge in [0, 0.05) is 12.8 Å². The van der Waals surface area contributed by atoms with Gasteiger partial charge in [-0.05, 0) is 51.4 Å². The van der Waals surface area contributed by atoms with Gasteiger partial charge in [-0.25, -0.2) is 4.57 Å². The zero-order valence-electron chi connectivity index (χ0n) is 31.8. The van der Waals surface area contributed by atoms with Crippen molar-refractivity contribution >= 4 is 19.8 Å². The smallest absolute Gasteiger partial charge is 0.462 e. The third-order valence-corrected chi connectivity index (χ3v) is 8.95. The third-order valence-electron chi connectivity index (χ3n) is 8.00. The van der Waals surface area contributed by atoms with Gasteiger partial charge in [0.15, 0.2) is 6.10 Å². The average molecular weight is 743 g/mol. The molecule has 51 heavy (non-hydrogen) atoms. The van der Waals surface area contributed by atoms with Crippen molar-refractivity contribution in [2.45, 2.75) is 167 Å². The predicted octanol–water partition coefficient (Wildman–Crippen LogP) is 9.77. The van der Waals surface area contributed by atoms with E-state index in [1.807, 2.05) is 0 Å². The number of esters is 2. The lowest BCUT2D eigenvalue weighted by atomic mass is 10.0. The van der Waals surface area contributed by atoms with Crippen LogP contribution in [0, 0.1) is 0 Å². The molecule has 0 saturated heterocycles. The highest BCUT2D eigenvalue weighted by atomic mass is 31.2. The molecule has 0 radical (unpaired) electrons. The van der Waals surface area contributed by atoms with Crippen molar-refractivity contribution in [3.05, 3.63) is 48.6 Å². The van der Waals surface area contributed by atoms with Crippen LogP contribution >= 0.6 is 7.82 Å². The molecule has 10 nitrogen and oxygen atoms in total. The minimum absolute atomic E-state index is 0.178. The summed E-state index contributed by atoms with van der Waals surface area (Å²) in [5, 5.41) is 18.2. The second kappa shape index (κ2) is 36.3. The first-order valence-corrected chi connectivity index (χ1v) is 21.1. The maximum absolute atomic E-state index is 12.5. The van der Waals surface area contributed by atoms with E-state index in [4.69, 9.17) is 19.1 Å². The number of aliphatic hydroxyl groups is 2. The Hall–Kier alpha value is -2.07. The Kier molecular flexibility index (Phi) is 34.8. The molecule has 0 spiro atoms. The van der Waals surface area contributed by atoms with Gasteiger partial charge in [0.25, 0.3) is 0 Å². The van der Waals surface area contributed by atoms with Gasteiger partial charge < -0.3 is 24.6 Å². The average Bonchev–Trinajstić information content (AvgIpc) is 3.12. The molecule has 0 fully saturated rings. The van der Waals surface area contributed by atoms with Crippen molar-refractivity contribution in [1.82, 2.24) is 0 Å². The molecule has 3 unspecified atom stereocenters. The van der Waals surface area contributed by atoms with Crippen LogP contribution in [-0.2, 0) is 32.7 Å². The number of hydrogen-bond acceptors (Lipinski definition) is 9. The standard InChI is InChI=1S/C40H71O10P/c1-3-5-7-9-10-11-12-13-14-15-16-17-18-19-20-21-22-23-24-25-26-28-30-32-40(44)50-38(35-47-39(43)31-29-27-8-6-4-2)36-49-51(45,46)48-34-37(42)33-41/h5,7,10-11,13-14,16-17,37-38,41-42H,3-4,6,8-9,12,15,18-36H2,1-2H3,(H,45,46)/b7-5-,11-10-,14-13-,17-16-. The van der Waals surface area contributed by atoms with E-state index in [1.165, 1.54) is 38.5 Å². The molecule has 0 aliphatic rings. The van der Waals surface area contributed by atoms with Crippen molar-refractivity contribution in [2.24, 2.45) is 0 Å². The van der Waals surface area contributed by atoms with E-state index in [0.29, 0.717) is 12.8 Å². The molecule has 0 bridgehead atoms. The number of hydrogen-bond donors (Lipinski definition) is 3. The van der Waals surface area contributed by atoms with Crippen molar-refractivity contribution < 1.29 is 47.8 Å². The van der Waals surface area contributed by atoms with Crippen LogP contribution in [0.2, 0.25) is 0 Å². The van der Waals surface area contributed by atoms with Crippen LogP contribution < -0.4 is 0 Å². The molecule has 0 amide bonds. The van der Waals surface area contributed by atoms with Crippen LogP contribution in [0.25, 0.3) is 0 Å². The Balaban J connectivity index is 4.12. The zero-order valence-corrected chi connectivity index (χ0v) is 32.7. The fourth-order valence-electron chi connectivity index (χ4n) is 4.98. The Morgan fingerprint density at radius 3 is 1.63 bits per heavy atom. The monoisotopic (exact) mass is 742 g/mol. The summed E-state index contributed by atoms with van der Waals surface area (Å²) in [5.74, 6) is -0.947. The second-order valence-electron chi connectivity index (χ2n) is 12.9. The third kappa shape index (κ3) is 36.1. The molecule has 0 rings (SSSR count). The maximum Gasteiger partial charge on any atom is 0.472 e. The summed E-state index contributed by atoms with van der Waals surface area (Å²) in [6.07, 6.45) is 37.1. The fraction of sp³-hybridized carbons (Fsp3) is 0.750. The summed E-state index contributed by atoms with van der Waals surface area (Å²) in [6, 6.07) is 0. The van der Waals surface area contributed by atoms with Crippen LogP contribution in [-0.4, -0.2) is 65.7 Å². The summed E-state index contributed by atoms with van der Waals surface area (Å²) >= 11 is 0. The number of rotatable bonds is 36. The van der Waals surface area contributed by atoms with Gasteiger partial charge in [-0.2, -0.15) is 0 Å². The van der Waals surface area contributed by atoms with Gasteiger partial charge in [0.2, 0.25) is 0 Å². The van der Waals surface area contributed by atoms with E-state index in [9.17, 15) is 24.2 Å². The molecule has 0 aromatic carbocycles. The van der Waals surface area contributed by atoms with Crippen LogP contribution in [0.15, 0.2) is 48.6 Å². The SMILES string of the molecule is CC/C=C\C/C=C\C/C=C\C/C=C\CCCCCCCCCCCCC(=O)OC(COC(=O)CCCCCCC)COP(=O)(O)OCC(O)CO. The number of allylic oxidation sites excluding steroid dienone is 8. The molecule has 0 aromatic rings. The Labute approximate surface area is 309 Å². The highest BCUT2D eigenvalue weighted by Gasteiger charge is 2.27. The first-order chi connectivity index (χ1) is 24.7. The van der Waals surface area contributed by atoms with Crippen LogP contribution in [0.4, 0.5) is 0 Å². The minimum Gasteiger partial charge on any atom is -0.462 e. The highest BCUT2D eigenvalue weighted by Crippen LogP contribution is 2.43. The van der Waals surface area contributed by atoms with E-state index < -0.39 is 51.8 Å². The number of ether oxygens (including phenoxy) is 2. The summed E-state index contributed by atoms with van der Waals surface area (Å²) in [6.45, 7) is 2.14. The van der Waals surface area contributed by atoms with E-state index in [2.05, 4.69) is 67.0 Å². The summed E-state index contributed by atoms with van der Waals surface area (Å²) in [7, 11) is -4.60. The normalized spacial score (nSPS) is 14.5. The Morgan fingerprint density at radius 2 is 1.08 bits per heavy atom. The first kappa shape index (κ1) is 48.9. The number of unbranched alkanes of at least 4 members (excludes halogenated alkanes) is 14. The number of carbonyl (C=O) groups is 2. The van der Waals surface area contributed by atoms with E-state index in [1.54, 1.807) is 0 Å². The molecule has 296 valence electrons. The molecule has 11 heteroatoms. The lowest BCUT2D eigenvalue weighted by molar-refractivity contribution is -0.161. The van der Waals surface area contributed by atoms with Crippen LogP contribution in [0.1, 0.15) is 155 Å². The fourth-order valence-corrected chi connectivity index (χ4v) is 5.77. The Morgan fingerprint density at radius 1 is 0.608 bits per heavy atom. The quantitative estimate of drug-likeness (QED) is 0.0245. The molecule has 0 aliphatic heterocycles. The van der Waals surface area contributed by atoms with E-state index in [0.717, 1.165) is 77.0 Å². The first-order valence-electron chi connectivity index (χ1n) is 19.6. The molecule has 3 N–H and O–H groups in total. The summed E-state index contributed by atoms with van der Waals surface area (Å²) in [4.78, 5) is 34.6. The molecule has 0 aromatic heterocycles. The predicted molar refractivity (Wildman–Crippen MR) is 205 cm³/mol. The Bertz CT molecular complexity index is 994. The second-order valence-corrected chi connectivity index (χ2v) is 14.4. The van der Waals surface area contributed by atoms with Crippen LogP contribution in [0.5, 0.6) is 0 Å². The zero-order chi connectivity index (χ0) is 37.7. The van der Waals surface area contributed by atoms with Crippen LogP contribution in [0.3, 0.4) is 0 Å². The van der Waals surface area contributed by atoms with Gasteiger partial charge in [-0.3, -0.25) is 18.6 Å². The van der Waals surface area contributed by atoms with Crippen molar-refractivity contribution in [1.29, 1.82) is 0 Å². The molecule has 0 aliphatic carbocycles. The van der Waals surface area contributed by atoms with E-state index in [-0.39, 0.29) is 19.4 Å². The summed E-state index contributed by atoms with van der Waals surface area (Å²) in [5.41, 5.74) is 0. The molecular weight excluding hydrogens is 671 g/mol. The molecule has 0 heterocycles. The molecule has 0 saturated carbocycles. The lowest BCUT2D eigenvalue weighted by Crippen LogP contribution is -2.29. The van der Waals surface area contributed by atoms with Crippen molar-refractivity contribution in [2.75, 3.05) is 26.4 Å². The number of phosphoric ester groups is 1. The van der Waals surface area contributed by atoms with Gasteiger partial charge >= 0.3 is 19.8 Å². The van der Waals surface area contributed by atoms with Crippen molar-refractivity contribution in [3.63, 3.8) is 0 Å². The highest BCUT2D eigenvalue weighted by molar-refractivity contribution is 7.47. The lowest BCUT2D eigenvalue weighted by Gasteiger charge is -2.20. The topological polar surface area (TPSA) is 149 Å². The largest absolute Gasteiger partial charge is 0.472 e. The van der Waals surface area contributed by atoms with Gasteiger partial charge in [0.05, 0.1) is 19.8 Å². The summed E-state index contributed by atoms with van der Waals surface area (Å²) < 4.78 is 32.4. The van der Waals surface area contributed by atoms with Gasteiger partial charge in [-0.15, -0.1) is 0 Å². The number of phosphoric acid groups is 1. The van der Waals surface area contributed by atoms with Gasteiger partial charge in [0.1, 0.15) is 12.7 Å². The van der Waals surface area contributed by atoms with E-state index >= 15 is 0 Å². The maximum atomic E-state index is 12.5. The number of aliphatic hydroxyl groups excluding tert-OH is 2.